The molecule has 2 fully saturated rings. The summed E-state index contributed by atoms with van der Waals surface area (Å²) in [6.45, 7) is 8.56. The maximum atomic E-state index is 3.50. The minimum absolute atomic E-state index is 0.859. The van der Waals surface area contributed by atoms with Gasteiger partial charge in [0.2, 0.25) is 0 Å². The molecule has 2 saturated heterocycles. The average Bonchev–Trinajstić information content (AvgIpc) is 2.62. The third kappa shape index (κ3) is 2.12. The molecule has 0 spiro atoms. The van der Waals surface area contributed by atoms with Crippen molar-refractivity contribution in [2.24, 2.45) is 17.8 Å². The summed E-state index contributed by atoms with van der Waals surface area (Å²) in [6, 6.07) is 0.859. The molecule has 0 saturated carbocycles. The van der Waals surface area contributed by atoms with Crippen LogP contribution >= 0.6 is 0 Å². The predicted molar refractivity (Wildman–Crippen MR) is 60.3 cm³/mol. The van der Waals surface area contributed by atoms with Gasteiger partial charge in [-0.3, -0.25) is 0 Å². The van der Waals surface area contributed by atoms with Crippen molar-refractivity contribution in [2.45, 2.75) is 32.7 Å². The van der Waals surface area contributed by atoms with Gasteiger partial charge >= 0.3 is 0 Å². The van der Waals surface area contributed by atoms with Crippen LogP contribution in [0.1, 0.15) is 26.7 Å². The second kappa shape index (κ2) is 4.19. The maximum absolute atomic E-state index is 3.50. The Morgan fingerprint density at radius 3 is 2.57 bits per heavy atom. The molecule has 1 N–H and O–H groups in total. The monoisotopic (exact) mass is 196 g/mol. The SMILES string of the molecule is CC1CC(CC2CNCC2C)N(C)C1. The highest BCUT2D eigenvalue weighted by Crippen LogP contribution is 2.29. The number of nitrogens with one attached hydrogen (secondary N) is 1. The summed E-state index contributed by atoms with van der Waals surface area (Å²) in [7, 11) is 2.29. The van der Waals surface area contributed by atoms with Gasteiger partial charge in [0.1, 0.15) is 0 Å². The third-order valence-electron chi connectivity index (χ3n) is 4.15. The zero-order valence-electron chi connectivity index (χ0n) is 9.79. The molecule has 2 aliphatic rings. The highest BCUT2D eigenvalue weighted by molar-refractivity contribution is 4.87. The summed E-state index contributed by atoms with van der Waals surface area (Å²) in [6.07, 6.45) is 2.83. The van der Waals surface area contributed by atoms with E-state index in [0.717, 1.165) is 23.8 Å². The summed E-state index contributed by atoms with van der Waals surface area (Å²) < 4.78 is 0. The first-order chi connectivity index (χ1) is 6.66. The van der Waals surface area contributed by atoms with Crippen molar-refractivity contribution in [3.63, 3.8) is 0 Å². The van der Waals surface area contributed by atoms with Gasteiger partial charge in [0.15, 0.2) is 0 Å². The molecule has 2 heterocycles. The lowest BCUT2D eigenvalue weighted by Gasteiger charge is -2.24. The van der Waals surface area contributed by atoms with Gasteiger partial charge in [-0.1, -0.05) is 13.8 Å². The second-order valence-electron chi connectivity index (χ2n) is 5.57. The van der Waals surface area contributed by atoms with Gasteiger partial charge in [0.05, 0.1) is 0 Å². The molecular formula is C12H24N2. The highest BCUT2D eigenvalue weighted by atomic mass is 15.2. The molecule has 0 aromatic heterocycles. The van der Waals surface area contributed by atoms with Gasteiger partial charge in [-0.15, -0.1) is 0 Å². The summed E-state index contributed by atoms with van der Waals surface area (Å²) >= 11 is 0. The highest BCUT2D eigenvalue weighted by Gasteiger charge is 2.32. The van der Waals surface area contributed by atoms with Crippen molar-refractivity contribution in [3.8, 4) is 0 Å². The quantitative estimate of drug-likeness (QED) is 0.721. The molecule has 2 heteroatoms. The summed E-state index contributed by atoms with van der Waals surface area (Å²) in [5, 5.41) is 3.50. The van der Waals surface area contributed by atoms with Gasteiger partial charge in [0, 0.05) is 12.6 Å². The molecule has 2 rings (SSSR count). The number of likely N-dealkylation sites (tertiary alicyclic amines) is 1. The molecule has 4 unspecified atom stereocenters. The van der Waals surface area contributed by atoms with E-state index < -0.39 is 0 Å². The Morgan fingerprint density at radius 2 is 2.07 bits per heavy atom. The Kier molecular flexibility index (Phi) is 3.13. The zero-order valence-corrected chi connectivity index (χ0v) is 9.79. The summed E-state index contributed by atoms with van der Waals surface area (Å²) in [5.74, 6) is 2.72. The molecular weight excluding hydrogens is 172 g/mol. The van der Waals surface area contributed by atoms with Crippen LogP contribution in [0, 0.1) is 17.8 Å². The zero-order chi connectivity index (χ0) is 10.1. The molecule has 0 aromatic carbocycles. The lowest BCUT2D eigenvalue weighted by Crippen LogP contribution is -2.29. The lowest BCUT2D eigenvalue weighted by molar-refractivity contribution is 0.248. The first-order valence-electron chi connectivity index (χ1n) is 6.07. The van der Waals surface area contributed by atoms with E-state index in [-0.39, 0.29) is 0 Å². The third-order valence-corrected chi connectivity index (χ3v) is 4.15. The van der Waals surface area contributed by atoms with Crippen LogP contribution in [0.5, 0.6) is 0 Å². The Labute approximate surface area is 88.1 Å². The molecule has 82 valence electrons. The first-order valence-corrected chi connectivity index (χ1v) is 6.07. The number of nitrogens with zero attached hydrogens (tertiary/aromatic N) is 1. The van der Waals surface area contributed by atoms with Gasteiger partial charge in [-0.25, -0.2) is 0 Å². The summed E-state index contributed by atoms with van der Waals surface area (Å²) in [4.78, 5) is 2.57. The van der Waals surface area contributed by atoms with Crippen molar-refractivity contribution in [3.05, 3.63) is 0 Å². The largest absolute Gasteiger partial charge is 0.316 e. The van der Waals surface area contributed by atoms with Gasteiger partial charge < -0.3 is 10.2 Å². The van der Waals surface area contributed by atoms with Crippen molar-refractivity contribution < 1.29 is 0 Å². The van der Waals surface area contributed by atoms with Crippen LogP contribution in [0.25, 0.3) is 0 Å². The molecule has 0 aromatic rings. The standard InChI is InChI=1S/C12H24N2/c1-9-4-12(14(3)8-9)5-11-7-13-6-10(11)2/h9-13H,4-8H2,1-3H3. The number of rotatable bonds is 2. The van der Waals surface area contributed by atoms with Crippen molar-refractivity contribution in [2.75, 3.05) is 26.7 Å². The van der Waals surface area contributed by atoms with Gasteiger partial charge in [-0.2, -0.15) is 0 Å². The number of hydrogen-bond donors (Lipinski definition) is 1. The van der Waals surface area contributed by atoms with Gasteiger partial charge in [-0.05, 0) is 50.7 Å². The van der Waals surface area contributed by atoms with Crippen LogP contribution in [0.2, 0.25) is 0 Å². The lowest BCUT2D eigenvalue weighted by atomic mass is 9.89. The average molecular weight is 196 g/mol. The van der Waals surface area contributed by atoms with E-state index >= 15 is 0 Å². The van der Waals surface area contributed by atoms with Gasteiger partial charge in [0.25, 0.3) is 0 Å². The smallest absolute Gasteiger partial charge is 0.00985 e. The Balaban J connectivity index is 1.85. The minimum atomic E-state index is 0.859. The van der Waals surface area contributed by atoms with Crippen LogP contribution in [0.4, 0.5) is 0 Å². The van der Waals surface area contributed by atoms with Crippen LogP contribution in [0.15, 0.2) is 0 Å². The van der Waals surface area contributed by atoms with E-state index in [0.29, 0.717) is 0 Å². The Hall–Kier alpha value is -0.0800. The molecule has 0 amide bonds. The van der Waals surface area contributed by atoms with E-state index in [1.54, 1.807) is 0 Å². The minimum Gasteiger partial charge on any atom is -0.316 e. The van der Waals surface area contributed by atoms with Crippen molar-refractivity contribution >= 4 is 0 Å². The first kappa shape index (κ1) is 10.4. The summed E-state index contributed by atoms with van der Waals surface area (Å²) in [5.41, 5.74) is 0. The van der Waals surface area contributed by atoms with E-state index in [9.17, 15) is 0 Å². The molecule has 4 atom stereocenters. The molecule has 14 heavy (non-hydrogen) atoms. The van der Waals surface area contributed by atoms with Crippen LogP contribution in [-0.2, 0) is 0 Å². The maximum Gasteiger partial charge on any atom is 0.00985 e. The van der Waals surface area contributed by atoms with Crippen LogP contribution in [-0.4, -0.2) is 37.6 Å². The van der Waals surface area contributed by atoms with E-state index in [4.69, 9.17) is 0 Å². The van der Waals surface area contributed by atoms with E-state index in [1.165, 1.54) is 32.5 Å². The molecule has 0 radical (unpaired) electrons. The van der Waals surface area contributed by atoms with Crippen molar-refractivity contribution in [1.29, 1.82) is 0 Å². The Morgan fingerprint density at radius 1 is 1.29 bits per heavy atom. The van der Waals surface area contributed by atoms with Crippen LogP contribution in [0.3, 0.4) is 0 Å². The van der Waals surface area contributed by atoms with E-state index in [1.807, 2.05) is 0 Å². The molecule has 2 nitrogen and oxygen atoms in total. The normalized spacial score (nSPS) is 44.8. The second-order valence-corrected chi connectivity index (χ2v) is 5.57. The number of hydrogen-bond acceptors (Lipinski definition) is 2. The van der Waals surface area contributed by atoms with Crippen LogP contribution < -0.4 is 5.32 Å². The fraction of sp³-hybridized carbons (Fsp3) is 1.00. The predicted octanol–water partition coefficient (Wildman–Crippen LogP) is 1.57. The fourth-order valence-electron chi connectivity index (χ4n) is 3.17. The van der Waals surface area contributed by atoms with Crippen molar-refractivity contribution in [1.82, 2.24) is 10.2 Å². The molecule has 2 aliphatic heterocycles. The molecule has 0 aliphatic carbocycles. The topological polar surface area (TPSA) is 15.3 Å². The Bertz CT molecular complexity index is 193. The fourth-order valence-corrected chi connectivity index (χ4v) is 3.17. The van der Waals surface area contributed by atoms with E-state index in [2.05, 4.69) is 31.1 Å². The molecule has 0 bridgehead atoms.